The largest absolute Gasteiger partial charge is 0.300 e. The van der Waals surface area contributed by atoms with Gasteiger partial charge in [0.25, 0.3) is 0 Å². The summed E-state index contributed by atoms with van der Waals surface area (Å²) in [6.07, 6.45) is 0. The number of anilines is 1. The second-order valence-electron chi connectivity index (χ2n) is 4.78. The van der Waals surface area contributed by atoms with E-state index in [-0.39, 0.29) is 0 Å². The summed E-state index contributed by atoms with van der Waals surface area (Å²) in [4.78, 5) is 0. The van der Waals surface area contributed by atoms with E-state index in [0.29, 0.717) is 5.82 Å². The maximum Gasteiger partial charge on any atom is 0.300 e. The Balaban J connectivity index is 2.86. The molecule has 0 amide bonds. The third-order valence-corrected chi connectivity index (χ3v) is 3.27. The second-order valence-corrected chi connectivity index (χ2v) is 6.19. The molecule has 16 heavy (non-hydrogen) atoms. The SMILES string of the molecule is Cc1[nH]nc(NS(=O)(=O)NC(C)(C)C)c1C. The average Bonchev–Trinajstić information content (AvgIpc) is 2.30. The molecule has 1 aromatic heterocycles. The predicted molar refractivity (Wildman–Crippen MR) is 63.5 cm³/mol. The molecule has 3 N–H and O–H groups in total. The predicted octanol–water partition coefficient (Wildman–Crippen LogP) is 1.07. The van der Waals surface area contributed by atoms with Crippen molar-refractivity contribution in [2.75, 3.05) is 4.72 Å². The van der Waals surface area contributed by atoms with E-state index in [2.05, 4.69) is 19.6 Å². The van der Waals surface area contributed by atoms with Gasteiger partial charge >= 0.3 is 10.2 Å². The number of aromatic nitrogens is 2. The molecule has 0 aliphatic heterocycles. The normalized spacial score (nSPS) is 12.8. The third-order valence-electron chi connectivity index (χ3n) is 1.92. The minimum absolute atomic E-state index is 0.328. The van der Waals surface area contributed by atoms with Crippen molar-refractivity contribution in [1.82, 2.24) is 14.9 Å². The molecule has 6 nitrogen and oxygen atoms in total. The molecule has 7 heteroatoms. The van der Waals surface area contributed by atoms with Crippen LogP contribution in [0, 0.1) is 13.8 Å². The van der Waals surface area contributed by atoms with Gasteiger partial charge in [-0.1, -0.05) is 0 Å². The van der Waals surface area contributed by atoms with E-state index >= 15 is 0 Å². The van der Waals surface area contributed by atoms with Gasteiger partial charge in [-0.3, -0.25) is 9.82 Å². The molecular weight excluding hydrogens is 228 g/mol. The van der Waals surface area contributed by atoms with Crippen LogP contribution < -0.4 is 9.44 Å². The summed E-state index contributed by atoms with van der Waals surface area (Å²) in [5.74, 6) is 0.328. The molecular formula is C9H18N4O2S. The van der Waals surface area contributed by atoms with Crippen LogP contribution in [0.25, 0.3) is 0 Å². The van der Waals surface area contributed by atoms with Crippen LogP contribution in [-0.4, -0.2) is 24.2 Å². The molecule has 1 rings (SSSR count). The van der Waals surface area contributed by atoms with Crippen LogP contribution in [-0.2, 0) is 10.2 Å². The van der Waals surface area contributed by atoms with E-state index in [1.54, 1.807) is 27.7 Å². The lowest BCUT2D eigenvalue weighted by Crippen LogP contribution is -2.43. The Kier molecular flexibility index (Phi) is 3.30. The molecule has 1 aromatic rings. The Morgan fingerprint density at radius 2 is 1.81 bits per heavy atom. The fourth-order valence-electron chi connectivity index (χ4n) is 1.14. The van der Waals surface area contributed by atoms with Gasteiger partial charge in [0.05, 0.1) is 0 Å². The van der Waals surface area contributed by atoms with Gasteiger partial charge in [-0.25, -0.2) is 0 Å². The molecule has 0 fully saturated rings. The molecule has 92 valence electrons. The standard InChI is InChI=1S/C9H18N4O2S/c1-6-7(2)10-11-8(6)12-16(14,15)13-9(3,4)5/h13H,1-5H3,(H2,10,11,12). The molecule has 0 aliphatic carbocycles. The molecule has 0 bridgehead atoms. The number of hydrogen-bond donors (Lipinski definition) is 3. The Bertz CT molecular complexity index is 470. The molecule has 0 aliphatic rings. The summed E-state index contributed by atoms with van der Waals surface area (Å²) in [6, 6.07) is 0. The van der Waals surface area contributed by atoms with E-state index in [9.17, 15) is 8.42 Å². The highest BCUT2D eigenvalue weighted by Crippen LogP contribution is 2.15. The van der Waals surface area contributed by atoms with Crippen LogP contribution in [0.2, 0.25) is 0 Å². The second kappa shape index (κ2) is 4.06. The van der Waals surface area contributed by atoms with Gasteiger partial charge in [0.2, 0.25) is 0 Å². The maximum absolute atomic E-state index is 11.7. The lowest BCUT2D eigenvalue weighted by atomic mass is 10.1. The molecule has 0 saturated carbocycles. The van der Waals surface area contributed by atoms with Crippen molar-refractivity contribution in [2.45, 2.75) is 40.2 Å². The number of rotatable bonds is 3. The van der Waals surface area contributed by atoms with Crippen LogP contribution >= 0.6 is 0 Å². The molecule has 0 radical (unpaired) electrons. The van der Waals surface area contributed by atoms with Crippen molar-refractivity contribution >= 4 is 16.0 Å². The van der Waals surface area contributed by atoms with Crippen LogP contribution in [0.4, 0.5) is 5.82 Å². The number of aromatic amines is 1. The van der Waals surface area contributed by atoms with Crippen molar-refractivity contribution in [2.24, 2.45) is 0 Å². The minimum atomic E-state index is -3.58. The molecule has 1 heterocycles. The van der Waals surface area contributed by atoms with Gasteiger partial charge in [-0.05, 0) is 34.6 Å². The number of hydrogen-bond acceptors (Lipinski definition) is 3. The van der Waals surface area contributed by atoms with Crippen molar-refractivity contribution in [3.05, 3.63) is 11.3 Å². The summed E-state index contributed by atoms with van der Waals surface area (Å²) < 4.78 is 28.3. The van der Waals surface area contributed by atoms with Crippen molar-refractivity contribution < 1.29 is 8.42 Å². The van der Waals surface area contributed by atoms with Gasteiger partial charge < -0.3 is 0 Å². The molecule has 0 atom stereocenters. The fraction of sp³-hybridized carbons (Fsp3) is 0.667. The zero-order valence-electron chi connectivity index (χ0n) is 10.2. The van der Waals surface area contributed by atoms with Crippen LogP contribution in [0.15, 0.2) is 0 Å². The minimum Gasteiger partial charge on any atom is -0.280 e. The summed E-state index contributed by atoms with van der Waals surface area (Å²) in [5.41, 5.74) is 1.11. The number of nitrogens with one attached hydrogen (secondary N) is 3. The highest BCUT2D eigenvalue weighted by molar-refractivity contribution is 7.90. The Morgan fingerprint density at radius 3 is 2.19 bits per heavy atom. The summed E-state index contributed by atoms with van der Waals surface area (Å²) in [6.45, 7) is 8.95. The Labute approximate surface area is 96.0 Å². The topological polar surface area (TPSA) is 86.9 Å². The van der Waals surface area contributed by atoms with Crippen molar-refractivity contribution in [3.8, 4) is 0 Å². The molecule has 0 saturated heterocycles. The zero-order valence-corrected chi connectivity index (χ0v) is 11.0. The van der Waals surface area contributed by atoms with E-state index < -0.39 is 15.7 Å². The van der Waals surface area contributed by atoms with Gasteiger partial charge in [-0.2, -0.15) is 18.2 Å². The summed E-state index contributed by atoms with van der Waals surface area (Å²) in [5, 5.41) is 6.59. The van der Waals surface area contributed by atoms with Crippen molar-refractivity contribution in [1.29, 1.82) is 0 Å². The highest BCUT2D eigenvalue weighted by atomic mass is 32.2. The monoisotopic (exact) mass is 246 g/mol. The van der Waals surface area contributed by atoms with Gasteiger partial charge in [0, 0.05) is 16.8 Å². The Morgan fingerprint density at radius 1 is 1.25 bits per heavy atom. The first-order chi connectivity index (χ1) is 7.11. The maximum atomic E-state index is 11.7. The molecule has 0 unspecified atom stereocenters. The van der Waals surface area contributed by atoms with Crippen molar-refractivity contribution in [3.63, 3.8) is 0 Å². The highest BCUT2D eigenvalue weighted by Gasteiger charge is 2.21. The first kappa shape index (κ1) is 13.0. The smallest absolute Gasteiger partial charge is 0.280 e. The van der Waals surface area contributed by atoms with E-state index in [1.165, 1.54) is 0 Å². The van der Waals surface area contributed by atoms with E-state index in [0.717, 1.165) is 11.3 Å². The average molecular weight is 246 g/mol. The number of nitrogens with zero attached hydrogens (tertiary/aromatic N) is 1. The first-order valence-corrected chi connectivity index (χ1v) is 6.42. The molecule has 0 aromatic carbocycles. The number of H-pyrrole nitrogens is 1. The van der Waals surface area contributed by atoms with E-state index in [4.69, 9.17) is 0 Å². The third kappa shape index (κ3) is 3.49. The van der Waals surface area contributed by atoms with Gasteiger partial charge in [0.1, 0.15) is 0 Å². The lowest BCUT2D eigenvalue weighted by Gasteiger charge is -2.20. The van der Waals surface area contributed by atoms with Gasteiger partial charge in [0.15, 0.2) is 5.82 Å². The van der Waals surface area contributed by atoms with E-state index in [1.807, 2.05) is 6.92 Å². The zero-order chi connectivity index (χ0) is 12.6. The van der Waals surface area contributed by atoms with Crippen LogP contribution in [0.3, 0.4) is 0 Å². The fourth-order valence-corrected chi connectivity index (χ4v) is 2.45. The van der Waals surface area contributed by atoms with Crippen LogP contribution in [0.1, 0.15) is 32.0 Å². The summed E-state index contributed by atoms with van der Waals surface area (Å²) in [7, 11) is -3.58. The lowest BCUT2D eigenvalue weighted by molar-refractivity contribution is 0.494. The number of aryl methyl sites for hydroxylation is 1. The quantitative estimate of drug-likeness (QED) is 0.745. The first-order valence-electron chi connectivity index (χ1n) is 4.94. The van der Waals surface area contributed by atoms with Gasteiger partial charge in [-0.15, -0.1) is 0 Å². The molecule has 0 spiro atoms. The van der Waals surface area contributed by atoms with Crippen LogP contribution in [0.5, 0.6) is 0 Å². The Hall–Kier alpha value is -1.08. The summed E-state index contributed by atoms with van der Waals surface area (Å²) >= 11 is 0.